The van der Waals surface area contributed by atoms with Crippen molar-refractivity contribution in [1.82, 2.24) is 0 Å². The number of carbonyl (C=O) groups is 2. The van der Waals surface area contributed by atoms with Crippen LogP contribution in [0.3, 0.4) is 0 Å². The average Bonchev–Trinajstić information content (AvgIpc) is 2.63. The van der Waals surface area contributed by atoms with Crippen molar-refractivity contribution >= 4 is 35.0 Å². The van der Waals surface area contributed by atoms with Crippen molar-refractivity contribution in [3.05, 3.63) is 59.7 Å². The predicted octanol–water partition coefficient (Wildman–Crippen LogP) is 3.19. The molecule has 1 fully saturated rings. The van der Waals surface area contributed by atoms with Crippen LogP contribution < -0.4 is 10.2 Å². The minimum absolute atomic E-state index is 0.00237. The standard InChI is InChI=1S/C18H18N2O3S/c21-17(15-3-1-2-4-16(15)18(22)23)19-13-5-7-14(8-6-13)20-9-11-24-12-10-20/h1-8H,9-12H2,(H,19,21)(H,22,23). The molecule has 0 saturated carbocycles. The van der Waals surface area contributed by atoms with E-state index in [-0.39, 0.29) is 11.1 Å². The van der Waals surface area contributed by atoms with Gasteiger partial charge in [0.25, 0.3) is 5.91 Å². The van der Waals surface area contributed by atoms with Gasteiger partial charge in [0.05, 0.1) is 11.1 Å². The maximum atomic E-state index is 12.3. The Bertz CT molecular complexity index is 740. The van der Waals surface area contributed by atoms with Gasteiger partial charge < -0.3 is 15.3 Å². The van der Waals surface area contributed by atoms with E-state index in [0.717, 1.165) is 30.3 Å². The molecule has 1 saturated heterocycles. The van der Waals surface area contributed by atoms with Crippen LogP contribution in [0.2, 0.25) is 0 Å². The lowest BCUT2D eigenvalue weighted by atomic mass is 10.1. The lowest BCUT2D eigenvalue weighted by Crippen LogP contribution is -2.32. The van der Waals surface area contributed by atoms with Crippen LogP contribution in [0.1, 0.15) is 20.7 Å². The molecule has 2 aromatic carbocycles. The summed E-state index contributed by atoms with van der Waals surface area (Å²) < 4.78 is 0. The SMILES string of the molecule is O=C(O)c1ccccc1C(=O)Nc1ccc(N2CCSCC2)cc1. The van der Waals surface area contributed by atoms with Crippen LogP contribution in [0.4, 0.5) is 11.4 Å². The van der Waals surface area contributed by atoms with Gasteiger partial charge in [-0.2, -0.15) is 11.8 Å². The maximum Gasteiger partial charge on any atom is 0.336 e. The van der Waals surface area contributed by atoms with Gasteiger partial charge in [-0.1, -0.05) is 12.1 Å². The van der Waals surface area contributed by atoms with Crippen molar-refractivity contribution in [2.75, 3.05) is 34.8 Å². The highest BCUT2D eigenvalue weighted by Gasteiger charge is 2.16. The van der Waals surface area contributed by atoms with E-state index in [4.69, 9.17) is 0 Å². The van der Waals surface area contributed by atoms with Gasteiger partial charge in [0, 0.05) is 36.0 Å². The van der Waals surface area contributed by atoms with E-state index in [1.54, 1.807) is 12.1 Å². The number of benzene rings is 2. The Morgan fingerprint density at radius 3 is 2.21 bits per heavy atom. The molecule has 0 radical (unpaired) electrons. The number of amides is 1. The molecule has 2 N–H and O–H groups in total. The fourth-order valence-electron chi connectivity index (χ4n) is 2.64. The lowest BCUT2D eigenvalue weighted by molar-refractivity contribution is 0.0692. The number of rotatable bonds is 4. The Kier molecular flexibility index (Phi) is 5.05. The van der Waals surface area contributed by atoms with E-state index in [2.05, 4.69) is 10.2 Å². The molecule has 0 spiro atoms. The van der Waals surface area contributed by atoms with Crippen LogP contribution in [0.15, 0.2) is 48.5 Å². The summed E-state index contributed by atoms with van der Waals surface area (Å²) in [5.74, 6) is 0.726. The van der Waals surface area contributed by atoms with Gasteiger partial charge in [0.1, 0.15) is 0 Å². The first-order chi connectivity index (χ1) is 11.6. The van der Waals surface area contributed by atoms with Crippen molar-refractivity contribution in [3.63, 3.8) is 0 Å². The van der Waals surface area contributed by atoms with Crippen LogP contribution in [0.5, 0.6) is 0 Å². The summed E-state index contributed by atoms with van der Waals surface area (Å²) in [6.45, 7) is 2.06. The Morgan fingerprint density at radius 1 is 0.958 bits per heavy atom. The molecular weight excluding hydrogens is 324 g/mol. The molecule has 1 heterocycles. The van der Waals surface area contributed by atoms with E-state index in [1.807, 2.05) is 36.0 Å². The van der Waals surface area contributed by atoms with E-state index in [1.165, 1.54) is 12.1 Å². The summed E-state index contributed by atoms with van der Waals surface area (Å²) in [5, 5.41) is 11.9. The molecule has 24 heavy (non-hydrogen) atoms. The van der Waals surface area contributed by atoms with Gasteiger partial charge in [-0.05, 0) is 36.4 Å². The summed E-state index contributed by atoms with van der Waals surface area (Å²) in [6, 6.07) is 13.8. The first-order valence-electron chi connectivity index (χ1n) is 7.71. The van der Waals surface area contributed by atoms with Crippen molar-refractivity contribution in [1.29, 1.82) is 0 Å². The van der Waals surface area contributed by atoms with Crippen LogP contribution in [0, 0.1) is 0 Å². The van der Waals surface area contributed by atoms with Crippen molar-refractivity contribution < 1.29 is 14.7 Å². The van der Waals surface area contributed by atoms with Crippen LogP contribution in [0.25, 0.3) is 0 Å². The van der Waals surface area contributed by atoms with Gasteiger partial charge in [-0.25, -0.2) is 4.79 Å². The van der Waals surface area contributed by atoms with Crippen molar-refractivity contribution in [3.8, 4) is 0 Å². The van der Waals surface area contributed by atoms with Crippen molar-refractivity contribution in [2.45, 2.75) is 0 Å². The van der Waals surface area contributed by atoms with Gasteiger partial charge in [-0.3, -0.25) is 4.79 Å². The Labute approximate surface area is 144 Å². The number of carboxylic acids is 1. The normalized spacial score (nSPS) is 14.2. The molecular formula is C18H18N2O3S. The second-order valence-electron chi connectivity index (χ2n) is 5.45. The van der Waals surface area contributed by atoms with Crippen LogP contribution >= 0.6 is 11.8 Å². The molecule has 0 aromatic heterocycles. The largest absolute Gasteiger partial charge is 0.478 e. The van der Waals surface area contributed by atoms with Gasteiger partial charge >= 0.3 is 5.97 Å². The third-order valence-electron chi connectivity index (χ3n) is 3.90. The zero-order valence-electron chi connectivity index (χ0n) is 13.1. The number of hydrogen-bond acceptors (Lipinski definition) is 4. The Hall–Kier alpha value is -2.47. The number of anilines is 2. The zero-order valence-corrected chi connectivity index (χ0v) is 13.9. The molecule has 2 aromatic rings. The number of nitrogens with one attached hydrogen (secondary N) is 1. The fraction of sp³-hybridized carbons (Fsp3) is 0.222. The third-order valence-corrected chi connectivity index (χ3v) is 4.85. The first kappa shape index (κ1) is 16.4. The molecule has 0 bridgehead atoms. The highest BCUT2D eigenvalue weighted by Crippen LogP contribution is 2.22. The number of carbonyl (C=O) groups excluding carboxylic acids is 1. The molecule has 1 aliphatic rings. The lowest BCUT2D eigenvalue weighted by Gasteiger charge is -2.28. The topological polar surface area (TPSA) is 69.6 Å². The van der Waals surface area contributed by atoms with E-state index in [9.17, 15) is 14.7 Å². The quantitative estimate of drug-likeness (QED) is 0.893. The molecule has 6 heteroatoms. The van der Waals surface area contributed by atoms with Gasteiger partial charge in [0.2, 0.25) is 0 Å². The van der Waals surface area contributed by atoms with Crippen molar-refractivity contribution in [2.24, 2.45) is 0 Å². The summed E-state index contributed by atoms with van der Waals surface area (Å²) >= 11 is 1.96. The second kappa shape index (κ2) is 7.40. The fourth-order valence-corrected chi connectivity index (χ4v) is 3.55. The Balaban J connectivity index is 1.72. The molecule has 0 unspecified atom stereocenters. The van der Waals surface area contributed by atoms with Crippen LogP contribution in [-0.2, 0) is 0 Å². The van der Waals surface area contributed by atoms with Gasteiger partial charge in [-0.15, -0.1) is 0 Å². The number of hydrogen-bond donors (Lipinski definition) is 2. The number of nitrogens with zero attached hydrogens (tertiary/aromatic N) is 1. The molecule has 0 atom stereocenters. The Morgan fingerprint density at radius 2 is 1.58 bits per heavy atom. The molecule has 1 aliphatic heterocycles. The maximum absolute atomic E-state index is 12.3. The summed E-state index contributed by atoms with van der Waals surface area (Å²) in [5.41, 5.74) is 1.94. The predicted molar refractivity (Wildman–Crippen MR) is 97.3 cm³/mol. The molecule has 0 aliphatic carbocycles. The monoisotopic (exact) mass is 342 g/mol. The van der Waals surface area contributed by atoms with Gasteiger partial charge in [0.15, 0.2) is 0 Å². The van der Waals surface area contributed by atoms with E-state index < -0.39 is 11.9 Å². The van der Waals surface area contributed by atoms with E-state index >= 15 is 0 Å². The first-order valence-corrected chi connectivity index (χ1v) is 8.87. The molecule has 124 valence electrons. The summed E-state index contributed by atoms with van der Waals surface area (Å²) in [6.07, 6.45) is 0. The second-order valence-corrected chi connectivity index (χ2v) is 6.68. The smallest absolute Gasteiger partial charge is 0.336 e. The number of thioether (sulfide) groups is 1. The average molecular weight is 342 g/mol. The van der Waals surface area contributed by atoms with Crippen LogP contribution in [-0.4, -0.2) is 41.6 Å². The van der Waals surface area contributed by atoms with E-state index in [0.29, 0.717) is 5.69 Å². The molecule has 3 rings (SSSR count). The number of carboxylic acid groups (broad SMARTS) is 1. The highest BCUT2D eigenvalue weighted by molar-refractivity contribution is 7.99. The number of aromatic carboxylic acids is 1. The highest BCUT2D eigenvalue weighted by atomic mass is 32.2. The zero-order chi connectivity index (χ0) is 16.9. The molecule has 5 nitrogen and oxygen atoms in total. The molecule has 1 amide bonds. The third kappa shape index (κ3) is 3.71. The summed E-state index contributed by atoms with van der Waals surface area (Å²) in [4.78, 5) is 25.9. The minimum atomic E-state index is -1.11. The minimum Gasteiger partial charge on any atom is -0.478 e. The summed E-state index contributed by atoms with van der Waals surface area (Å²) in [7, 11) is 0.